The standard InChI is InChI=1S/C19H20N6O/c26-19(21-18-14-11-20-10-9-15(14)22-23-18)17-13-7-4-8-16(13)25(24-17)12-5-2-1-3-6-12/h1-3,5-6,20H,4,7-11H2,(H2,21,22,23,26). The van der Waals surface area contributed by atoms with Crippen LogP contribution in [0.4, 0.5) is 5.82 Å². The average Bonchev–Trinajstić information content (AvgIpc) is 3.38. The van der Waals surface area contributed by atoms with Gasteiger partial charge in [-0.1, -0.05) is 18.2 Å². The number of para-hydroxylation sites is 1. The summed E-state index contributed by atoms with van der Waals surface area (Å²) in [6, 6.07) is 9.99. The summed E-state index contributed by atoms with van der Waals surface area (Å²) in [6.45, 7) is 1.65. The molecule has 26 heavy (non-hydrogen) atoms. The van der Waals surface area contributed by atoms with Crippen LogP contribution >= 0.6 is 0 Å². The van der Waals surface area contributed by atoms with Crippen LogP contribution in [0.5, 0.6) is 0 Å². The molecule has 1 aliphatic heterocycles. The molecule has 1 amide bonds. The Hall–Kier alpha value is -2.93. The fourth-order valence-corrected chi connectivity index (χ4v) is 3.90. The van der Waals surface area contributed by atoms with E-state index in [2.05, 4.69) is 25.9 Å². The Morgan fingerprint density at radius 3 is 2.88 bits per heavy atom. The number of benzene rings is 1. The van der Waals surface area contributed by atoms with Gasteiger partial charge in [-0.05, 0) is 31.4 Å². The van der Waals surface area contributed by atoms with Crippen LogP contribution in [0.25, 0.3) is 5.69 Å². The Morgan fingerprint density at radius 1 is 1.12 bits per heavy atom. The van der Waals surface area contributed by atoms with E-state index in [1.54, 1.807) is 0 Å². The van der Waals surface area contributed by atoms with Gasteiger partial charge in [-0.2, -0.15) is 10.2 Å². The summed E-state index contributed by atoms with van der Waals surface area (Å²) in [5, 5.41) is 18.3. The van der Waals surface area contributed by atoms with E-state index >= 15 is 0 Å². The normalized spacial score (nSPS) is 15.5. The third kappa shape index (κ3) is 2.43. The number of carbonyl (C=O) groups excluding carboxylic acids is 1. The maximum atomic E-state index is 12.9. The lowest BCUT2D eigenvalue weighted by atomic mass is 10.1. The first kappa shape index (κ1) is 15.3. The SMILES string of the molecule is O=C(Nc1n[nH]c2c1CNCC2)c1nn(-c2ccccc2)c2c1CCC2. The van der Waals surface area contributed by atoms with Crippen LogP contribution < -0.4 is 10.6 Å². The number of hydrogen-bond acceptors (Lipinski definition) is 4. The predicted molar refractivity (Wildman–Crippen MR) is 97.5 cm³/mol. The van der Waals surface area contributed by atoms with Gasteiger partial charge in [0.1, 0.15) is 0 Å². The van der Waals surface area contributed by atoms with E-state index < -0.39 is 0 Å². The monoisotopic (exact) mass is 348 g/mol. The number of H-pyrrole nitrogens is 1. The molecule has 0 atom stereocenters. The molecule has 132 valence electrons. The maximum absolute atomic E-state index is 12.9. The molecular formula is C19H20N6O. The van der Waals surface area contributed by atoms with Crippen molar-refractivity contribution < 1.29 is 4.79 Å². The molecule has 1 aliphatic carbocycles. The average molecular weight is 348 g/mol. The molecule has 3 aromatic rings. The van der Waals surface area contributed by atoms with Crippen molar-refractivity contribution in [3.63, 3.8) is 0 Å². The highest BCUT2D eigenvalue weighted by Gasteiger charge is 2.28. The van der Waals surface area contributed by atoms with Gasteiger partial charge < -0.3 is 10.6 Å². The predicted octanol–water partition coefficient (Wildman–Crippen LogP) is 1.98. The minimum atomic E-state index is -0.183. The van der Waals surface area contributed by atoms with E-state index in [1.165, 1.54) is 0 Å². The quantitative estimate of drug-likeness (QED) is 0.675. The van der Waals surface area contributed by atoms with Crippen molar-refractivity contribution in [1.29, 1.82) is 0 Å². The number of nitrogens with zero attached hydrogens (tertiary/aromatic N) is 3. The number of nitrogens with one attached hydrogen (secondary N) is 3. The van der Waals surface area contributed by atoms with Gasteiger partial charge in [0, 0.05) is 42.0 Å². The zero-order chi connectivity index (χ0) is 17.5. The zero-order valence-electron chi connectivity index (χ0n) is 14.4. The fraction of sp³-hybridized carbons (Fsp3) is 0.316. The van der Waals surface area contributed by atoms with Gasteiger partial charge in [0.25, 0.3) is 5.91 Å². The van der Waals surface area contributed by atoms with Crippen LogP contribution in [0, 0.1) is 0 Å². The molecule has 0 saturated carbocycles. The van der Waals surface area contributed by atoms with Crippen molar-refractivity contribution in [1.82, 2.24) is 25.3 Å². The highest BCUT2D eigenvalue weighted by molar-refractivity contribution is 6.04. The number of fused-ring (bicyclic) bond motifs is 2. The van der Waals surface area contributed by atoms with Crippen molar-refractivity contribution in [2.24, 2.45) is 0 Å². The third-order valence-corrected chi connectivity index (χ3v) is 5.18. The van der Waals surface area contributed by atoms with Gasteiger partial charge in [0.2, 0.25) is 0 Å². The minimum absolute atomic E-state index is 0.183. The molecule has 3 heterocycles. The van der Waals surface area contributed by atoms with Crippen LogP contribution in [0.1, 0.15) is 39.4 Å². The molecule has 0 bridgehead atoms. The van der Waals surface area contributed by atoms with E-state index in [9.17, 15) is 4.79 Å². The second-order valence-corrected chi connectivity index (χ2v) is 6.78. The second-order valence-electron chi connectivity index (χ2n) is 6.78. The fourth-order valence-electron chi connectivity index (χ4n) is 3.90. The second kappa shape index (κ2) is 6.10. The summed E-state index contributed by atoms with van der Waals surface area (Å²) < 4.78 is 1.92. The van der Waals surface area contributed by atoms with E-state index in [1.807, 2.05) is 35.0 Å². The number of carbonyl (C=O) groups is 1. The number of aromatic amines is 1. The van der Waals surface area contributed by atoms with E-state index in [0.717, 1.165) is 67.0 Å². The lowest BCUT2D eigenvalue weighted by molar-refractivity contribution is 0.102. The Bertz CT molecular complexity index is 972. The first-order valence-electron chi connectivity index (χ1n) is 9.05. The van der Waals surface area contributed by atoms with E-state index in [-0.39, 0.29) is 5.91 Å². The summed E-state index contributed by atoms with van der Waals surface area (Å²) >= 11 is 0. The summed E-state index contributed by atoms with van der Waals surface area (Å²) in [7, 11) is 0. The molecule has 7 nitrogen and oxygen atoms in total. The summed E-state index contributed by atoms with van der Waals surface area (Å²) in [6.07, 6.45) is 3.80. The first-order valence-corrected chi connectivity index (χ1v) is 9.05. The summed E-state index contributed by atoms with van der Waals surface area (Å²) in [4.78, 5) is 12.9. The molecule has 0 radical (unpaired) electrons. The van der Waals surface area contributed by atoms with Crippen LogP contribution in [0.3, 0.4) is 0 Å². The Labute approximate surface area is 150 Å². The Kier molecular flexibility index (Phi) is 3.60. The van der Waals surface area contributed by atoms with E-state index in [4.69, 9.17) is 0 Å². The molecule has 0 saturated heterocycles. The van der Waals surface area contributed by atoms with Crippen molar-refractivity contribution in [3.8, 4) is 5.69 Å². The molecule has 3 N–H and O–H groups in total. The molecule has 2 aliphatic rings. The highest BCUT2D eigenvalue weighted by Crippen LogP contribution is 2.29. The van der Waals surface area contributed by atoms with Gasteiger partial charge in [-0.3, -0.25) is 9.89 Å². The Morgan fingerprint density at radius 2 is 2.00 bits per heavy atom. The smallest absolute Gasteiger partial charge is 0.277 e. The lowest BCUT2D eigenvalue weighted by Crippen LogP contribution is -2.24. The van der Waals surface area contributed by atoms with Crippen LogP contribution in [0.15, 0.2) is 30.3 Å². The van der Waals surface area contributed by atoms with Gasteiger partial charge in [-0.25, -0.2) is 4.68 Å². The van der Waals surface area contributed by atoms with Gasteiger partial charge >= 0.3 is 0 Å². The van der Waals surface area contributed by atoms with Crippen molar-refractivity contribution in [2.75, 3.05) is 11.9 Å². The van der Waals surface area contributed by atoms with Gasteiger partial charge in [-0.15, -0.1) is 0 Å². The number of aromatic nitrogens is 4. The van der Waals surface area contributed by atoms with Gasteiger partial charge in [0.05, 0.1) is 5.69 Å². The topological polar surface area (TPSA) is 87.6 Å². The molecule has 0 fully saturated rings. The number of rotatable bonds is 3. The molecule has 2 aromatic heterocycles. The number of anilines is 1. The number of hydrogen-bond donors (Lipinski definition) is 3. The molecule has 5 rings (SSSR count). The molecular weight excluding hydrogens is 328 g/mol. The minimum Gasteiger partial charge on any atom is -0.312 e. The highest BCUT2D eigenvalue weighted by atomic mass is 16.2. The molecule has 0 unspecified atom stereocenters. The summed E-state index contributed by atoms with van der Waals surface area (Å²) in [5.41, 5.74) is 5.86. The van der Waals surface area contributed by atoms with Crippen LogP contribution in [-0.2, 0) is 25.8 Å². The summed E-state index contributed by atoms with van der Waals surface area (Å²) in [5.74, 6) is 0.427. The van der Waals surface area contributed by atoms with Crippen molar-refractivity contribution >= 4 is 11.7 Å². The molecule has 1 aromatic carbocycles. The number of amides is 1. The lowest BCUT2D eigenvalue weighted by Gasteiger charge is -2.13. The zero-order valence-corrected chi connectivity index (χ0v) is 14.4. The molecule has 7 heteroatoms. The Balaban J connectivity index is 1.49. The van der Waals surface area contributed by atoms with Crippen molar-refractivity contribution in [2.45, 2.75) is 32.2 Å². The van der Waals surface area contributed by atoms with Crippen molar-refractivity contribution in [3.05, 3.63) is 58.5 Å². The first-order chi connectivity index (χ1) is 12.8. The van der Waals surface area contributed by atoms with Crippen LogP contribution in [-0.4, -0.2) is 32.4 Å². The van der Waals surface area contributed by atoms with Crippen LogP contribution in [0.2, 0.25) is 0 Å². The third-order valence-electron chi connectivity index (χ3n) is 5.18. The molecule has 0 spiro atoms. The van der Waals surface area contributed by atoms with E-state index in [0.29, 0.717) is 11.5 Å². The van der Waals surface area contributed by atoms with Gasteiger partial charge in [0.15, 0.2) is 11.5 Å². The maximum Gasteiger partial charge on any atom is 0.277 e. The largest absolute Gasteiger partial charge is 0.312 e.